The van der Waals surface area contributed by atoms with Gasteiger partial charge in [0.25, 0.3) is 0 Å². The maximum Gasteiger partial charge on any atom is 0.231 e. The van der Waals surface area contributed by atoms with Crippen LogP contribution in [0.15, 0.2) is 24.3 Å². The van der Waals surface area contributed by atoms with Crippen molar-refractivity contribution in [2.75, 3.05) is 19.8 Å². The molecule has 23 heavy (non-hydrogen) atoms. The molecule has 1 aromatic rings. The van der Waals surface area contributed by atoms with E-state index >= 15 is 0 Å². The van der Waals surface area contributed by atoms with Crippen LogP contribution >= 0.6 is 24.0 Å². The van der Waals surface area contributed by atoms with Crippen LogP contribution in [0.5, 0.6) is 0 Å². The summed E-state index contributed by atoms with van der Waals surface area (Å²) in [6.45, 7) is 1.69. The minimum absolute atomic E-state index is 0. The Kier molecular flexibility index (Phi) is 6.32. The van der Waals surface area contributed by atoms with Gasteiger partial charge in [-0.2, -0.15) is 0 Å². The molecule has 0 aromatic heterocycles. The first kappa shape index (κ1) is 18.5. The van der Waals surface area contributed by atoms with Crippen molar-refractivity contribution < 1.29 is 9.53 Å². The SMILES string of the molecule is Cl.NCC(NC(=O)C1(c2cccc(Cl)c2)CCOCC1)C1CC1. The molecular weight excluding hydrogens is 335 g/mol. The quantitative estimate of drug-likeness (QED) is 0.850. The van der Waals surface area contributed by atoms with E-state index in [-0.39, 0.29) is 24.4 Å². The summed E-state index contributed by atoms with van der Waals surface area (Å²) in [6, 6.07) is 7.73. The van der Waals surface area contributed by atoms with E-state index in [9.17, 15) is 4.79 Å². The van der Waals surface area contributed by atoms with Crippen LogP contribution in [0.25, 0.3) is 0 Å². The van der Waals surface area contributed by atoms with Crippen molar-refractivity contribution >= 4 is 29.9 Å². The number of hydrogen-bond acceptors (Lipinski definition) is 3. The molecule has 1 aliphatic heterocycles. The zero-order valence-electron chi connectivity index (χ0n) is 13.1. The minimum Gasteiger partial charge on any atom is -0.381 e. The van der Waals surface area contributed by atoms with Gasteiger partial charge in [-0.05, 0) is 49.3 Å². The Hall–Kier alpha value is -0.810. The van der Waals surface area contributed by atoms with Gasteiger partial charge in [-0.15, -0.1) is 12.4 Å². The number of carbonyl (C=O) groups excluding carboxylic acids is 1. The predicted molar refractivity (Wildman–Crippen MR) is 94.1 cm³/mol. The monoisotopic (exact) mass is 358 g/mol. The first-order chi connectivity index (χ1) is 10.7. The second-order valence-corrected chi connectivity index (χ2v) is 6.79. The molecule has 1 aromatic carbocycles. The summed E-state index contributed by atoms with van der Waals surface area (Å²) in [4.78, 5) is 13.1. The zero-order valence-corrected chi connectivity index (χ0v) is 14.7. The lowest BCUT2D eigenvalue weighted by Gasteiger charge is -2.37. The Labute approximate surface area is 148 Å². The molecule has 128 valence electrons. The number of benzene rings is 1. The third-order valence-electron chi connectivity index (χ3n) is 4.92. The smallest absolute Gasteiger partial charge is 0.231 e. The van der Waals surface area contributed by atoms with Gasteiger partial charge in [-0.1, -0.05) is 23.7 Å². The van der Waals surface area contributed by atoms with Gasteiger partial charge in [0.05, 0.1) is 5.41 Å². The van der Waals surface area contributed by atoms with Crippen LogP contribution in [0, 0.1) is 5.92 Å². The van der Waals surface area contributed by atoms with E-state index in [1.165, 1.54) is 0 Å². The van der Waals surface area contributed by atoms with Crippen molar-refractivity contribution in [1.82, 2.24) is 5.32 Å². The van der Waals surface area contributed by atoms with Crippen LogP contribution in [0.1, 0.15) is 31.2 Å². The highest BCUT2D eigenvalue weighted by atomic mass is 35.5. The van der Waals surface area contributed by atoms with Crippen molar-refractivity contribution in [1.29, 1.82) is 0 Å². The predicted octanol–water partition coefficient (Wildman–Crippen LogP) is 2.66. The van der Waals surface area contributed by atoms with E-state index in [1.54, 1.807) is 0 Å². The number of ether oxygens (including phenoxy) is 1. The number of carbonyl (C=O) groups is 1. The number of nitrogens with one attached hydrogen (secondary N) is 1. The van der Waals surface area contributed by atoms with Gasteiger partial charge in [0.1, 0.15) is 0 Å². The fourth-order valence-corrected chi connectivity index (χ4v) is 3.52. The second-order valence-electron chi connectivity index (χ2n) is 6.36. The number of nitrogens with two attached hydrogens (primary N) is 1. The van der Waals surface area contributed by atoms with Crippen LogP contribution < -0.4 is 11.1 Å². The standard InChI is InChI=1S/C17H23ClN2O2.ClH/c18-14-3-1-2-13(10-14)17(6-8-22-9-7-17)16(21)20-15(11-19)12-4-5-12;/h1-3,10,12,15H,4-9,11,19H2,(H,20,21);1H. The summed E-state index contributed by atoms with van der Waals surface area (Å²) >= 11 is 6.14. The molecule has 6 heteroatoms. The Bertz CT molecular complexity index is 543. The Morgan fingerprint density at radius 2 is 2.09 bits per heavy atom. The topological polar surface area (TPSA) is 64.3 Å². The lowest BCUT2D eigenvalue weighted by atomic mass is 9.73. The Morgan fingerprint density at radius 1 is 1.39 bits per heavy atom. The Morgan fingerprint density at radius 3 is 2.65 bits per heavy atom. The molecule has 0 spiro atoms. The molecule has 3 rings (SSSR count). The highest BCUT2D eigenvalue weighted by Crippen LogP contribution is 2.38. The maximum absolute atomic E-state index is 13.1. The van der Waals surface area contributed by atoms with Crippen LogP contribution in [0.4, 0.5) is 0 Å². The molecule has 1 amide bonds. The molecule has 0 radical (unpaired) electrons. The molecule has 1 saturated carbocycles. The second kappa shape index (κ2) is 7.84. The van der Waals surface area contributed by atoms with Gasteiger partial charge in [0.15, 0.2) is 0 Å². The Balaban J connectivity index is 0.00000192. The van der Waals surface area contributed by atoms with Gasteiger partial charge in [-0.3, -0.25) is 4.79 Å². The molecule has 1 heterocycles. The van der Waals surface area contributed by atoms with Gasteiger partial charge in [-0.25, -0.2) is 0 Å². The molecule has 1 atom stereocenters. The molecule has 1 saturated heterocycles. The van der Waals surface area contributed by atoms with Crippen molar-refractivity contribution in [3.8, 4) is 0 Å². The third kappa shape index (κ3) is 4.00. The van der Waals surface area contributed by atoms with Crippen LogP contribution in [0.2, 0.25) is 5.02 Å². The zero-order chi connectivity index (χ0) is 15.6. The van der Waals surface area contributed by atoms with E-state index in [0.29, 0.717) is 43.5 Å². The maximum atomic E-state index is 13.1. The molecule has 2 fully saturated rings. The van der Waals surface area contributed by atoms with Crippen molar-refractivity contribution in [3.05, 3.63) is 34.9 Å². The summed E-state index contributed by atoms with van der Waals surface area (Å²) in [5.41, 5.74) is 6.27. The van der Waals surface area contributed by atoms with Gasteiger partial charge in [0.2, 0.25) is 5.91 Å². The van der Waals surface area contributed by atoms with Crippen LogP contribution in [0.3, 0.4) is 0 Å². The summed E-state index contributed by atoms with van der Waals surface area (Å²) in [7, 11) is 0. The molecule has 2 aliphatic rings. The molecule has 3 N–H and O–H groups in total. The van der Waals surface area contributed by atoms with Crippen molar-refractivity contribution in [2.24, 2.45) is 11.7 Å². The van der Waals surface area contributed by atoms with Gasteiger partial charge in [0, 0.05) is 30.8 Å². The highest BCUT2D eigenvalue weighted by molar-refractivity contribution is 6.30. The normalized spacial score (nSPS) is 21.1. The fourth-order valence-electron chi connectivity index (χ4n) is 3.33. The molecular formula is C17H24Cl2N2O2. The fraction of sp³-hybridized carbons (Fsp3) is 0.588. The third-order valence-corrected chi connectivity index (χ3v) is 5.15. The van der Waals surface area contributed by atoms with Crippen LogP contribution in [-0.2, 0) is 14.9 Å². The molecule has 1 unspecified atom stereocenters. The van der Waals surface area contributed by atoms with Crippen molar-refractivity contribution in [3.63, 3.8) is 0 Å². The first-order valence-electron chi connectivity index (χ1n) is 8.00. The summed E-state index contributed by atoms with van der Waals surface area (Å²) in [5.74, 6) is 0.616. The number of amides is 1. The van der Waals surface area contributed by atoms with Crippen LogP contribution in [-0.4, -0.2) is 31.7 Å². The van der Waals surface area contributed by atoms with Crippen molar-refractivity contribution in [2.45, 2.75) is 37.1 Å². The average Bonchev–Trinajstić information content (AvgIpc) is 3.38. The lowest BCUT2D eigenvalue weighted by molar-refractivity contribution is -0.131. The van der Waals surface area contributed by atoms with Gasteiger partial charge >= 0.3 is 0 Å². The summed E-state index contributed by atoms with van der Waals surface area (Å²) < 4.78 is 5.48. The minimum atomic E-state index is -0.550. The average molecular weight is 359 g/mol. The molecule has 1 aliphatic carbocycles. The van der Waals surface area contributed by atoms with Gasteiger partial charge < -0.3 is 15.8 Å². The van der Waals surface area contributed by atoms with E-state index in [2.05, 4.69) is 5.32 Å². The summed E-state index contributed by atoms with van der Waals surface area (Å²) in [6.07, 6.45) is 3.69. The first-order valence-corrected chi connectivity index (χ1v) is 8.38. The molecule has 4 nitrogen and oxygen atoms in total. The largest absolute Gasteiger partial charge is 0.381 e. The number of rotatable bonds is 5. The van der Waals surface area contributed by atoms with E-state index in [0.717, 1.165) is 18.4 Å². The van der Waals surface area contributed by atoms with E-state index in [4.69, 9.17) is 22.1 Å². The number of halogens is 2. The highest BCUT2D eigenvalue weighted by Gasteiger charge is 2.43. The molecule has 0 bridgehead atoms. The van der Waals surface area contributed by atoms with E-state index in [1.807, 2.05) is 24.3 Å². The number of hydrogen-bond donors (Lipinski definition) is 2. The summed E-state index contributed by atoms with van der Waals surface area (Å²) in [5, 5.41) is 3.86. The lowest BCUT2D eigenvalue weighted by Crippen LogP contribution is -2.53. The van der Waals surface area contributed by atoms with E-state index < -0.39 is 5.41 Å².